The molecule has 8 heteroatoms. The number of carbonyl (C=O) groups is 1. The monoisotopic (exact) mass is 493 g/mol. The number of nitrogens with zero attached hydrogens (tertiary/aromatic N) is 2. The van der Waals surface area contributed by atoms with E-state index < -0.39 is 5.25 Å². The summed E-state index contributed by atoms with van der Waals surface area (Å²) in [5, 5.41) is 3.54. The molecule has 0 saturated carbocycles. The summed E-state index contributed by atoms with van der Waals surface area (Å²) in [6.45, 7) is 4.58. The number of methoxy groups -OCH3 is 1. The maximum Gasteiger partial charge on any atom is 0.263 e. The molecule has 0 radical (unpaired) electrons. The second kappa shape index (κ2) is 11.0. The Morgan fingerprint density at radius 2 is 1.79 bits per heavy atom. The summed E-state index contributed by atoms with van der Waals surface area (Å²) in [4.78, 5) is 33.2. The number of amides is 1. The van der Waals surface area contributed by atoms with E-state index in [1.165, 1.54) is 23.1 Å². The average molecular weight is 494 g/mol. The molecule has 1 amide bonds. The zero-order valence-corrected chi connectivity index (χ0v) is 21.0. The molecule has 6 nitrogen and oxygen atoms in total. The Kier molecular flexibility index (Phi) is 7.82. The Balaban J connectivity index is 1.81. The number of thiophene rings is 1. The van der Waals surface area contributed by atoms with Gasteiger partial charge in [-0.15, -0.1) is 11.3 Å². The van der Waals surface area contributed by atoms with Crippen molar-refractivity contribution in [1.29, 1.82) is 0 Å². The molecule has 1 N–H and O–H groups in total. The normalized spacial score (nSPS) is 12.2. The van der Waals surface area contributed by atoms with Gasteiger partial charge in [-0.1, -0.05) is 72.4 Å². The lowest BCUT2D eigenvalue weighted by molar-refractivity contribution is -0.121. The van der Waals surface area contributed by atoms with Crippen LogP contribution in [0.3, 0.4) is 0 Å². The quantitative estimate of drug-likeness (QED) is 0.259. The Labute approximate surface area is 207 Å². The summed E-state index contributed by atoms with van der Waals surface area (Å²) in [6, 6.07) is 21.4. The molecule has 4 aromatic rings. The number of benzene rings is 2. The second-order valence-electron chi connectivity index (χ2n) is 8.11. The first-order chi connectivity index (χ1) is 16.5. The van der Waals surface area contributed by atoms with Crippen LogP contribution in [0.4, 0.5) is 0 Å². The smallest absolute Gasteiger partial charge is 0.263 e. The van der Waals surface area contributed by atoms with Crippen LogP contribution < -0.4 is 10.9 Å². The molecule has 2 aromatic heterocycles. The van der Waals surface area contributed by atoms with Gasteiger partial charge >= 0.3 is 0 Å². The maximum absolute atomic E-state index is 13.5. The first-order valence-corrected chi connectivity index (χ1v) is 12.8. The number of rotatable bonds is 9. The van der Waals surface area contributed by atoms with Crippen molar-refractivity contribution < 1.29 is 9.53 Å². The molecule has 4 rings (SSSR count). The van der Waals surface area contributed by atoms with Gasteiger partial charge in [-0.25, -0.2) is 4.98 Å². The third-order valence-electron chi connectivity index (χ3n) is 5.19. The van der Waals surface area contributed by atoms with Crippen LogP contribution in [0.15, 0.2) is 76.7 Å². The topological polar surface area (TPSA) is 73.2 Å². The van der Waals surface area contributed by atoms with E-state index in [0.29, 0.717) is 28.5 Å². The van der Waals surface area contributed by atoms with Gasteiger partial charge in [-0.05, 0) is 31.0 Å². The Morgan fingerprint density at radius 1 is 1.12 bits per heavy atom. The van der Waals surface area contributed by atoms with Crippen molar-refractivity contribution in [2.45, 2.75) is 36.8 Å². The van der Waals surface area contributed by atoms with Crippen LogP contribution in [0.2, 0.25) is 0 Å². The highest BCUT2D eigenvalue weighted by atomic mass is 32.2. The first kappa shape index (κ1) is 24.2. The molecule has 0 aliphatic rings. The van der Waals surface area contributed by atoms with Crippen LogP contribution >= 0.6 is 23.1 Å². The Hall–Kier alpha value is -2.94. The van der Waals surface area contributed by atoms with E-state index in [2.05, 4.69) is 5.32 Å². The summed E-state index contributed by atoms with van der Waals surface area (Å²) in [5.41, 5.74) is 1.77. The fraction of sp³-hybridized carbons (Fsp3) is 0.269. The lowest BCUT2D eigenvalue weighted by Crippen LogP contribution is -2.34. The van der Waals surface area contributed by atoms with Crippen molar-refractivity contribution in [3.8, 4) is 10.4 Å². The van der Waals surface area contributed by atoms with Crippen LogP contribution in [0.1, 0.15) is 24.7 Å². The molecule has 0 spiro atoms. The lowest BCUT2D eigenvalue weighted by Gasteiger charge is -2.20. The number of carbonyl (C=O) groups excluding carboxylic acids is 1. The van der Waals surface area contributed by atoms with E-state index in [0.717, 1.165) is 16.0 Å². The fourth-order valence-corrected chi connectivity index (χ4v) is 5.79. The molecule has 0 aliphatic carbocycles. The molecule has 0 aliphatic heterocycles. The second-order valence-corrected chi connectivity index (χ2v) is 10.2. The van der Waals surface area contributed by atoms with Gasteiger partial charge in [0.05, 0.1) is 18.5 Å². The molecular formula is C26H27N3O3S2. The number of hydrogen-bond acceptors (Lipinski definition) is 6. The van der Waals surface area contributed by atoms with Crippen LogP contribution in [0.5, 0.6) is 0 Å². The van der Waals surface area contributed by atoms with E-state index >= 15 is 0 Å². The predicted molar refractivity (Wildman–Crippen MR) is 140 cm³/mol. The van der Waals surface area contributed by atoms with E-state index in [1.54, 1.807) is 11.7 Å². The van der Waals surface area contributed by atoms with Crippen molar-refractivity contribution in [3.05, 3.63) is 82.6 Å². The first-order valence-electron chi connectivity index (χ1n) is 11.1. The Bertz CT molecular complexity index is 1320. The van der Waals surface area contributed by atoms with Gasteiger partial charge in [0.15, 0.2) is 5.16 Å². The number of nitrogens with one attached hydrogen (secondary N) is 1. The van der Waals surface area contributed by atoms with Crippen molar-refractivity contribution in [3.63, 3.8) is 0 Å². The molecule has 0 saturated heterocycles. The van der Waals surface area contributed by atoms with E-state index in [-0.39, 0.29) is 17.5 Å². The largest absolute Gasteiger partial charge is 0.383 e. The zero-order chi connectivity index (χ0) is 24.1. The zero-order valence-electron chi connectivity index (χ0n) is 19.4. The van der Waals surface area contributed by atoms with Crippen molar-refractivity contribution in [2.24, 2.45) is 0 Å². The van der Waals surface area contributed by atoms with Crippen LogP contribution in [0.25, 0.3) is 20.7 Å². The van der Waals surface area contributed by atoms with Gasteiger partial charge in [0.2, 0.25) is 5.91 Å². The van der Waals surface area contributed by atoms with Gasteiger partial charge in [0.25, 0.3) is 5.56 Å². The molecule has 176 valence electrons. The average Bonchev–Trinajstić information content (AvgIpc) is 3.27. The van der Waals surface area contributed by atoms with Gasteiger partial charge in [0.1, 0.15) is 10.1 Å². The highest BCUT2D eigenvalue weighted by Gasteiger charge is 2.26. The number of hydrogen-bond donors (Lipinski definition) is 1. The van der Waals surface area contributed by atoms with Gasteiger partial charge in [0, 0.05) is 18.0 Å². The highest BCUT2D eigenvalue weighted by Crippen LogP contribution is 2.37. The number of aromatic nitrogens is 2. The minimum Gasteiger partial charge on any atom is -0.383 e. The molecule has 2 aromatic carbocycles. The molecule has 34 heavy (non-hydrogen) atoms. The molecule has 0 bridgehead atoms. The fourth-order valence-electron chi connectivity index (χ4n) is 3.58. The van der Waals surface area contributed by atoms with Gasteiger partial charge < -0.3 is 10.1 Å². The molecule has 0 fully saturated rings. The standard InChI is InChI=1S/C26H27N3O3S2/c1-17(2)27-23(30)22(19-12-8-5-9-13-19)34-26-28-24-20(25(31)29(26)14-15-32-3)16-21(33-24)18-10-6-4-7-11-18/h4-13,16-17,22H,14-15H2,1-3H3,(H,27,30). The third kappa shape index (κ3) is 5.41. The van der Waals surface area contributed by atoms with Crippen LogP contribution in [-0.4, -0.2) is 35.2 Å². The molecule has 1 atom stereocenters. The number of ether oxygens (including phenoxy) is 1. The lowest BCUT2D eigenvalue weighted by atomic mass is 10.1. The molecule has 2 heterocycles. The van der Waals surface area contributed by atoms with Gasteiger partial charge in [-0.3, -0.25) is 14.2 Å². The van der Waals surface area contributed by atoms with Gasteiger partial charge in [-0.2, -0.15) is 0 Å². The van der Waals surface area contributed by atoms with Crippen molar-refractivity contribution in [2.75, 3.05) is 13.7 Å². The summed E-state index contributed by atoms with van der Waals surface area (Å²) in [7, 11) is 1.60. The predicted octanol–water partition coefficient (Wildman–Crippen LogP) is 5.13. The summed E-state index contributed by atoms with van der Waals surface area (Å²) in [6.07, 6.45) is 0. The SMILES string of the molecule is COCCn1c(SC(C(=O)NC(C)C)c2ccccc2)nc2sc(-c3ccccc3)cc2c1=O. The minimum absolute atomic E-state index is 0.00355. The highest BCUT2D eigenvalue weighted by molar-refractivity contribution is 8.00. The van der Waals surface area contributed by atoms with E-state index in [1.807, 2.05) is 80.6 Å². The summed E-state index contributed by atoms with van der Waals surface area (Å²) >= 11 is 2.78. The number of thioether (sulfide) groups is 1. The number of fused-ring (bicyclic) bond motifs is 1. The van der Waals surface area contributed by atoms with Crippen molar-refractivity contribution in [1.82, 2.24) is 14.9 Å². The van der Waals surface area contributed by atoms with E-state index in [4.69, 9.17) is 9.72 Å². The summed E-state index contributed by atoms with van der Waals surface area (Å²) in [5.74, 6) is -0.116. The Morgan fingerprint density at radius 3 is 2.44 bits per heavy atom. The van der Waals surface area contributed by atoms with Crippen molar-refractivity contribution >= 4 is 39.2 Å². The summed E-state index contributed by atoms with van der Waals surface area (Å²) < 4.78 is 6.88. The van der Waals surface area contributed by atoms with Crippen LogP contribution in [-0.2, 0) is 16.1 Å². The maximum atomic E-state index is 13.5. The minimum atomic E-state index is -0.546. The molecular weight excluding hydrogens is 466 g/mol. The third-order valence-corrected chi connectivity index (χ3v) is 7.51. The molecule has 1 unspecified atom stereocenters. The van der Waals surface area contributed by atoms with E-state index in [9.17, 15) is 9.59 Å². The van der Waals surface area contributed by atoms with Crippen LogP contribution in [0, 0.1) is 0 Å².